The van der Waals surface area contributed by atoms with Gasteiger partial charge in [0.15, 0.2) is 0 Å². The maximum absolute atomic E-state index is 13.0. The Kier molecular flexibility index (Phi) is 5.96. The van der Waals surface area contributed by atoms with Crippen molar-refractivity contribution in [2.75, 3.05) is 72.2 Å². The third-order valence-corrected chi connectivity index (χ3v) is 7.48. The van der Waals surface area contributed by atoms with E-state index >= 15 is 0 Å². The smallest absolute Gasteiger partial charge is 0.282 e. The van der Waals surface area contributed by atoms with Crippen LogP contribution < -0.4 is 5.73 Å². The highest BCUT2D eigenvalue weighted by molar-refractivity contribution is 7.86. The van der Waals surface area contributed by atoms with E-state index in [2.05, 4.69) is 0 Å². The molecule has 10 heteroatoms. The third-order valence-electron chi connectivity index (χ3n) is 5.44. The highest BCUT2D eigenvalue weighted by atomic mass is 32.2. The Bertz CT molecular complexity index is 564. The first kappa shape index (κ1) is 19.0. The molecule has 0 unspecified atom stereocenters. The molecule has 0 radical (unpaired) electrons. The number of carbonyl (C=O) groups excluding carboxylic acids is 1. The van der Waals surface area contributed by atoms with Crippen LogP contribution in [0.15, 0.2) is 0 Å². The van der Waals surface area contributed by atoms with Gasteiger partial charge in [0.1, 0.15) is 0 Å². The molecule has 3 fully saturated rings. The van der Waals surface area contributed by atoms with Crippen LogP contribution >= 0.6 is 0 Å². The van der Waals surface area contributed by atoms with Crippen LogP contribution in [-0.2, 0) is 24.5 Å². The van der Waals surface area contributed by atoms with Gasteiger partial charge >= 0.3 is 0 Å². The largest absolute Gasteiger partial charge is 0.381 e. The van der Waals surface area contributed by atoms with Crippen LogP contribution in [0.3, 0.4) is 0 Å². The van der Waals surface area contributed by atoms with Crippen LogP contribution in [0.1, 0.15) is 12.8 Å². The Labute approximate surface area is 149 Å². The molecule has 9 nitrogen and oxygen atoms in total. The molecule has 3 aliphatic heterocycles. The van der Waals surface area contributed by atoms with Gasteiger partial charge in [0.05, 0.1) is 18.6 Å². The second-order valence-electron chi connectivity index (χ2n) is 6.81. The molecule has 144 valence electrons. The Morgan fingerprint density at radius 3 is 1.96 bits per heavy atom. The lowest BCUT2D eigenvalue weighted by atomic mass is 9.78. The summed E-state index contributed by atoms with van der Waals surface area (Å²) in [5, 5.41) is 0. The predicted molar refractivity (Wildman–Crippen MR) is 91.0 cm³/mol. The quantitative estimate of drug-likeness (QED) is 0.638. The second kappa shape index (κ2) is 7.85. The van der Waals surface area contributed by atoms with Crippen molar-refractivity contribution in [1.82, 2.24) is 13.5 Å². The number of nitrogens with two attached hydrogens (primary N) is 1. The second-order valence-corrected chi connectivity index (χ2v) is 8.74. The number of carbonyl (C=O) groups is 1. The number of ether oxygens (including phenoxy) is 2. The summed E-state index contributed by atoms with van der Waals surface area (Å²) >= 11 is 0. The highest BCUT2D eigenvalue weighted by Crippen LogP contribution is 2.32. The van der Waals surface area contributed by atoms with Crippen molar-refractivity contribution in [3.8, 4) is 0 Å². The first-order valence-electron chi connectivity index (χ1n) is 8.90. The molecule has 25 heavy (non-hydrogen) atoms. The Morgan fingerprint density at radius 2 is 1.40 bits per heavy atom. The number of piperazine rings is 1. The summed E-state index contributed by atoms with van der Waals surface area (Å²) < 4.78 is 38.9. The molecule has 0 atom stereocenters. The van der Waals surface area contributed by atoms with E-state index in [1.165, 1.54) is 8.61 Å². The van der Waals surface area contributed by atoms with E-state index in [1.54, 1.807) is 4.90 Å². The van der Waals surface area contributed by atoms with Crippen molar-refractivity contribution in [3.63, 3.8) is 0 Å². The Hall–Kier alpha value is -0.780. The summed E-state index contributed by atoms with van der Waals surface area (Å²) in [4.78, 5) is 14.7. The van der Waals surface area contributed by atoms with Gasteiger partial charge in [-0.1, -0.05) is 0 Å². The van der Waals surface area contributed by atoms with Crippen LogP contribution in [0.25, 0.3) is 0 Å². The molecule has 3 saturated heterocycles. The first-order chi connectivity index (χ1) is 12.0. The summed E-state index contributed by atoms with van der Waals surface area (Å²) in [6.07, 6.45) is 1.27. The van der Waals surface area contributed by atoms with Gasteiger partial charge in [0, 0.05) is 59.0 Å². The van der Waals surface area contributed by atoms with E-state index in [1.807, 2.05) is 0 Å². The molecule has 0 saturated carbocycles. The van der Waals surface area contributed by atoms with Crippen molar-refractivity contribution in [3.05, 3.63) is 0 Å². The topological polar surface area (TPSA) is 105 Å². The zero-order valence-electron chi connectivity index (χ0n) is 14.6. The molecule has 0 spiro atoms. The van der Waals surface area contributed by atoms with Crippen LogP contribution in [0.2, 0.25) is 0 Å². The van der Waals surface area contributed by atoms with E-state index in [9.17, 15) is 13.2 Å². The SMILES string of the molecule is NCC1(C(=O)N2CCN(S(=O)(=O)N3CCOCC3)CC2)CCOCC1. The van der Waals surface area contributed by atoms with Crippen molar-refractivity contribution >= 4 is 16.1 Å². The maximum Gasteiger partial charge on any atom is 0.282 e. The fourth-order valence-corrected chi connectivity index (χ4v) is 5.23. The molecule has 0 aliphatic carbocycles. The summed E-state index contributed by atoms with van der Waals surface area (Å²) in [5.74, 6) is 0.0433. The monoisotopic (exact) mass is 376 g/mol. The molecule has 2 N–H and O–H groups in total. The van der Waals surface area contributed by atoms with Crippen molar-refractivity contribution in [2.45, 2.75) is 12.8 Å². The van der Waals surface area contributed by atoms with Crippen LogP contribution in [0.4, 0.5) is 0 Å². The highest BCUT2D eigenvalue weighted by Gasteiger charge is 2.43. The molecule has 0 aromatic rings. The average Bonchev–Trinajstić information content (AvgIpc) is 2.68. The number of amides is 1. The van der Waals surface area contributed by atoms with Gasteiger partial charge in [-0.25, -0.2) is 0 Å². The van der Waals surface area contributed by atoms with E-state index in [4.69, 9.17) is 15.2 Å². The molecular weight excluding hydrogens is 348 g/mol. The number of hydrogen-bond donors (Lipinski definition) is 1. The van der Waals surface area contributed by atoms with Gasteiger partial charge in [0.25, 0.3) is 10.2 Å². The van der Waals surface area contributed by atoms with Crippen molar-refractivity contribution in [2.24, 2.45) is 11.1 Å². The van der Waals surface area contributed by atoms with Crippen molar-refractivity contribution < 1.29 is 22.7 Å². The summed E-state index contributed by atoms with van der Waals surface area (Å²) in [5.41, 5.74) is 5.36. The molecule has 3 heterocycles. The van der Waals surface area contributed by atoms with Crippen molar-refractivity contribution in [1.29, 1.82) is 0 Å². The number of nitrogens with zero attached hydrogens (tertiary/aromatic N) is 3. The minimum absolute atomic E-state index is 0.0433. The molecule has 0 bridgehead atoms. The molecule has 3 rings (SSSR count). The number of morpholine rings is 1. The van der Waals surface area contributed by atoms with Gasteiger partial charge in [-0.15, -0.1) is 0 Å². The molecule has 0 aromatic carbocycles. The minimum Gasteiger partial charge on any atom is -0.381 e. The molecular formula is C15H28N4O5S. The van der Waals surface area contributed by atoms with Gasteiger partial charge < -0.3 is 20.1 Å². The van der Waals surface area contributed by atoms with E-state index in [0.29, 0.717) is 85.1 Å². The number of rotatable bonds is 4. The number of hydrogen-bond acceptors (Lipinski definition) is 6. The summed E-state index contributed by atoms with van der Waals surface area (Å²) in [6.45, 7) is 4.50. The lowest BCUT2D eigenvalue weighted by Gasteiger charge is -2.42. The third kappa shape index (κ3) is 3.83. The van der Waals surface area contributed by atoms with Crippen LogP contribution in [-0.4, -0.2) is 100 Å². The zero-order chi connectivity index (χ0) is 17.9. The van der Waals surface area contributed by atoms with E-state index in [-0.39, 0.29) is 5.91 Å². The predicted octanol–water partition coefficient (Wildman–Crippen LogP) is -1.54. The molecule has 1 amide bonds. The van der Waals surface area contributed by atoms with Crippen LogP contribution in [0, 0.1) is 5.41 Å². The van der Waals surface area contributed by atoms with E-state index in [0.717, 1.165) is 0 Å². The minimum atomic E-state index is -3.48. The standard InChI is InChI=1S/C15H28N4O5S/c16-13-15(1-9-23-10-2-15)14(20)17-3-5-18(6-4-17)25(21,22)19-7-11-24-12-8-19/h1-13,16H2. The molecule has 0 aromatic heterocycles. The zero-order valence-corrected chi connectivity index (χ0v) is 15.4. The van der Waals surface area contributed by atoms with Gasteiger partial charge in [-0.05, 0) is 12.8 Å². The Morgan fingerprint density at radius 1 is 0.880 bits per heavy atom. The fraction of sp³-hybridized carbons (Fsp3) is 0.933. The van der Waals surface area contributed by atoms with Gasteiger partial charge in [-0.3, -0.25) is 4.79 Å². The Balaban J connectivity index is 1.60. The lowest BCUT2D eigenvalue weighted by molar-refractivity contribution is -0.148. The maximum atomic E-state index is 13.0. The lowest BCUT2D eigenvalue weighted by Crippen LogP contribution is -2.59. The molecule has 3 aliphatic rings. The average molecular weight is 376 g/mol. The van der Waals surface area contributed by atoms with E-state index < -0.39 is 15.6 Å². The summed E-state index contributed by atoms with van der Waals surface area (Å²) in [6, 6.07) is 0. The fourth-order valence-electron chi connectivity index (χ4n) is 3.67. The normalized spacial score (nSPS) is 26.5. The van der Waals surface area contributed by atoms with Gasteiger partial charge in [-0.2, -0.15) is 17.0 Å². The first-order valence-corrected chi connectivity index (χ1v) is 10.3. The van der Waals surface area contributed by atoms with Gasteiger partial charge in [0.2, 0.25) is 5.91 Å². The summed E-state index contributed by atoms with van der Waals surface area (Å²) in [7, 11) is -3.48. The van der Waals surface area contributed by atoms with Crippen LogP contribution in [0.5, 0.6) is 0 Å².